The van der Waals surface area contributed by atoms with Crippen molar-refractivity contribution in [2.75, 3.05) is 33.2 Å². The molecule has 0 spiro atoms. The van der Waals surface area contributed by atoms with Gasteiger partial charge in [-0.2, -0.15) is 9.71 Å². The number of nitrogens with one attached hydrogen (secondary N) is 1. The number of guanidine groups is 1. The molecule has 188 valence electrons. The first kappa shape index (κ1) is 28.1. The van der Waals surface area contributed by atoms with Crippen molar-refractivity contribution in [2.24, 2.45) is 16.5 Å². The number of carbonyl (C=O) groups excluding carboxylic acids is 1. The lowest BCUT2D eigenvalue weighted by atomic mass is 9.96. The number of amides is 1. The largest absolute Gasteiger partial charge is 0.370 e. The Bertz CT molecular complexity index is 1160. The van der Waals surface area contributed by atoms with Gasteiger partial charge in [-0.25, -0.2) is 13.4 Å². The van der Waals surface area contributed by atoms with Gasteiger partial charge in [0.2, 0.25) is 15.9 Å². The summed E-state index contributed by atoms with van der Waals surface area (Å²) in [5.74, 6) is -0.0574. The average Bonchev–Trinajstić information content (AvgIpc) is 3.22. The third-order valence-corrected chi connectivity index (χ3v) is 7.78. The third kappa shape index (κ3) is 5.72. The van der Waals surface area contributed by atoms with Gasteiger partial charge >= 0.3 is 0 Å². The summed E-state index contributed by atoms with van der Waals surface area (Å²) in [7, 11) is -1.97. The van der Waals surface area contributed by atoms with E-state index in [0.717, 1.165) is 31.3 Å². The van der Waals surface area contributed by atoms with Crippen LogP contribution in [0.3, 0.4) is 0 Å². The second kappa shape index (κ2) is 11.0. The number of piperazine rings is 1. The molecule has 2 fully saturated rings. The highest BCUT2D eigenvalue weighted by atomic mass is 35.5. The lowest BCUT2D eigenvalue weighted by Gasteiger charge is -2.39. The SMILES string of the molecule is CN1CCN(C(=O)C2(NS(=O)(=O)c3ccc4ccnc(N=C(N)N)c4c3)CCCC2)CC1.Cl.Cl. The number of pyridine rings is 1. The Hall–Kier alpha value is -2.18. The fourth-order valence-corrected chi connectivity index (χ4v) is 5.92. The van der Waals surface area contributed by atoms with E-state index in [2.05, 4.69) is 19.6 Å². The number of fused-ring (bicyclic) bond motifs is 1. The number of benzene rings is 1. The van der Waals surface area contributed by atoms with Gasteiger partial charge < -0.3 is 21.3 Å². The van der Waals surface area contributed by atoms with Crippen LogP contribution < -0.4 is 16.2 Å². The van der Waals surface area contributed by atoms with E-state index in [1.807, 2.05) is 7.05 Å². The van der Waals surface area contributed by atoms with Crippen LogP contribution in [0.25, 0.3) is 10.8 Å². The summed E-state index contributed by atoms with van der Waals surface area (Å²) >= 11 is 0. The number of hydrogen-bond acceptors (Lipinski definition) is 6. The van der Waals surface area contributed by atoms with Gasteiger partial charge in [-0.15, -0.1) is 24.8 Å². The Balaban J connectivity index is 0.00000204. The van der Waals surface area contributed by atoms with Gasteiger partial charge in [0, 0.05) is 37.8 Å². The number of rotatable bonds is 5. The lowest BCUT2D eigenvalue weighted by Crippen LogP contribution is -2.60. The van der Waals surface area contributed by atoms with Crippen LogP contribution in [0.2, 0.25) is 0 Å². The van der Waals surface area contributed by atoms with E-state index in [1.165, 1.54) is 12.1 Å². The van der Waals surface area contributed by atoms with Crippen LogP contribution >= 0.6 is 24.8 Å². The third-order valence-electron chi connectivity index (χ3n) is 6.25. The molecule has 2 heterocycles. The molecule has 0 atom stereocenters. The van der Waals surface area contributed by atoms with Crippen molar-refractivity contribution in [1.82, 2.24) is 19.5 Å². The van der Waals surface area contributed by atoms with Crippen LogP contribution in [0.1, 0.15) is 25.7 Å². The molecular weight excluding hydrogens is 501 g/mol. The zero-order valence-electron chi connectivity index (χ0n) is 18.9. The molecule has 1 aromatic carbocycles. The van der Waals surface area contributed by atoms with Gasteiger partial charge in [-0.05, 0) is 43.5 Å². The summed E-state index contributed by atoms with van der Waals surface area (Å²) in [4.78, 5) is 25.6. The molecule has 1 aromatic heterocycles. The van der Waals surface area contributed by atoms with Gasteiger partial charge in [0.25, 0.3) is 0 Å². The number of halogens is 2. The van der Waals surface area contributed by atoms with E-state index in [1.54, 1.807) is 23.2 Å². The zero-order valence-corrected chi connectivity index (χ0v) is 21.4. The second-order valence-corrected chi connectivity index (χ2v) is 10.2. The minimum atomic E-state index is -3.98. The highest BCUT2D eigenvalue weighted by molar-refractivity contribution is 7.89. The summed E-state index contributed by atoms with van der Waals surface area (Å²) in [5.41, 5.74) is 9.87. The number of sulfonamides is 1. The Labute approximate surface area is 212 Å². The van der Waals surface area contributed by atoms with E-state index >= 15 is 0 Å². The van der Waals surface area contributed by atoms with Gasteiger partial charge in [-0.3, -0.25) is 4.79 Å². The normalized spacial score (nSPS) is 18.1. The molecule has 0 radical (unpaired) electrons. The van der Waals surface area contributed by atoms with Crippen molar-refractivity contribution in [3.8, 4) is 0 Å². The first-order chi connectivity index (χ1) is 15.2. The fraction of sp³-hybridized carbons (Fsp3) is 0.476. The van der Waals surface area contributed by atoms with E-state index in [0.29, 0.717) is 31.3 Å². The molecule has 13 heteroatoms. The number of carbonyl (C=O) groups is 1. The Morgan fingerprint density at radius 1 is 1.09 bits per heavy atom. The van der Waals surface area contributed by atoms with E-state index in [4.69, 9.17) is 11.5 Å². The van der Waals surface area contributed by atoms with Crippen molar-refractivity contribution >= 4 is 63.3 Å². The van der Waals surface area contributed by atoms with Gasteiger partial charge in [0.15, 0.2) is 11.8 Å². The predicted octanol–water partition coefficient (Wildman–Crippen LogP) is 1.35. The molecule has 10 nitrogen and oxygen atoms in total. The first-order valence-electron chi connectivity index (χ1n) is 10.7. The first-order valence-corrected chi connectivity index (χ1v) is 12.2. The maximum Gasteiger partial charge on any atom is 0.243 e. The van der Waals surface area contributed by atoms with Crippen molar-refractivity contribution in [1.29, 1.82) is 0 Å². The molecule has 5 N–H and O–H groups in total. The van der Waals surface area contributed by atoms with Gasteiger partial charge in [0.05, 0.1) is 4.90 Å². The van der Waals surface area contributed by atoms with Gasteiger partial charge in [-0.1, -0.05) is 18.9 Å². The van der Waals surface area contributed by atoms with E-state index in [9.17, 15) is 13.2 Å². The number of aliphatic imine (C=N–C) groups is 1. The zero-order chi connectivity index (χ0) is 22.9. The van der Waals surface area contributed by atoms with Crippen LogP contribution in [-0.4, -0.2) is 73.8 Å². The second-order valence-electron chi connectivity index (χ2n) is 8.54. The minimum absolute atomic E-state index is 0. The number of likely N-dealkylation sites (N-methyl/N-ethyl adjacent to an activating group) is 1. The summed E-state index contributed by atoms with van der Waals surface area (Å²) in [6.07, 6.45) is 4.15. The molecule has 1 aliphatic heterocycles. The molecule has 1 saturated heterocycles. The Morgan fingerprint density at radius 2 is 1.74 bits per heavy atom. The summed E-state index contributed by atoms with van der Waals surface area (Å²) in [5, 5.41) is 1.26. The Kier molecular flexibility index (Phi) is 9.11. The number of nitrogens with zero attached hydrogens (tertiary/aromatic N) is 4. The predicted molar refractivity (Wildman–Crippen MR) is 137 cm³/mol. The van der Waals surface area contributed by atoms with E-state index in [-0.39, 0.29) is 47.4 Å². The molecule has 0 bridgehead atoms. The summed E-state index contributed by atoms with van der Waals surface area (Å²) < 4.78 is 29.6. The average molecular weight is 532 g/mol. The number of nitrogens with two attached hydrogens (primary N) is 2. The number of aromatic nitrogens is 1. The molecule has 34 heavy (non-hydrogen) atoms. The van der Waals surface area contributed by atoms with Crippen molar-refractivity contribution in [2.45, 2.75) is 36.1 Å². The lowest BCUT2D eigenvalue weighted by molar-refractivity contribution is -0.139. The topological polar surface area (TPSA) is 147 Å². The summed E-state index contributed by atoms with van der Waals surface area (Å²) in [6, 6.07) is 6.45. The van der Waals surface area contributed by atoms with Crippen molar-refractivity contribution < 1.29 is 13.2 Å². The van der Waals surface area contributed by atoms with Crippen molar-refractivity contribution in [3.05, 3.63) is 30.5 Å². The smallest absolute Gasteiger partial charge is 0.243 e. The molecule has 1 saturated carbocycles. The van der Waals surface area contributed by atoms with Crippen LogP contribution in [0, 0.1) is 0 Å². The molecule has 4 rings (SSSR count). The van der Waals surface area contributed by atoms with Crippen molar-refractivity contribution in [3.63, 3.8) is 0 Å². The van der Waals surface area contributed by atoms with Crippen LogP contribution in [0.5, 0.6) is 0 Å². The van der Waals surface area contributed by atoms with Crippen LogP contribution in [-0.2, 0) is 14.8 Å². The maximum atomic E-state index is 13.5. The molecule has 1 aliphatic carbocycles. The summed E-state index contributed by atoms with van der Waals surface area (Å²) in [6.45, 7) is 2.75. The molecule has 0 unspecified atom stereocenters. The molecule has 1 amide bonds. The minimum Gasteiger partial charge on any atom is -0.370 e. The van der Waals surface area contributed by atoms with Crippen LogP contribution in [0.4, 0.5) is 5.82 Å². The standard InChI is InChI=1S/C21H29N7O3S.2ClH/c1-27-10-12-28(13-11-27)19(29)21(7-2-3-8-21)26-32(30,31)16-5-4-15-6-9-24-18(17(15)14-16)25-20(22)23;;/h4-6,9,14,26H,2-3,7-8,10-13H2,1H3,(H4,22,23,24,25);2*1H. The maximum absolute atomic E-state index is 13.5. The molecule has 2 aliphatic rings. The highest BCUT2D eigenvalue weighted by Gasteiger charge is 2.46. The fourth-order valence-electron chi connectivity index (χ4n) is 4.48. The monoisotopic (exact) mass is 531 g/mol. The molecular formula is C21H31Cl2N7O3S. The number of hydrogen-bond donors (Lipinski definition) is 3. The molecule has 2 aromatic rings. The quantitative estimate of drug-likeness (QED) is 0.389. The Morgan fingerprint density at radius 3 is 2.35 bits per heavy atom. The van der Waals surface area contributed by atoms with Gasteiger partial charge in [0.1, 0.15) is 5.54 Å². The highest BCUT2D eigenvalue weighted by Crippen LogP contribution is 2.34. The van der Waals surface area contributed by atoms with E-state index < -0.39 is 15.6 Å². The van der Waals surface area contributed by atoms with Crippen LogP contribution in [0.15, 0.2) is 40.4 Å².